The van der Waals surface area contributed by atoms with Gasteiger partial charge in [-0.05, 0) is 31.2 Å². The highest BCUT2D eigenvalue weighted by Gasteiger charge is 2.32. The van der Waals surface area contributed by atoms with Crippen molar-refractivity contribution in [2.24, 2.45) is 5.92 Å². The van der Waals surface area contributed by atoms with Gasteiger partial charge in [0.1, 0.15) is 6.10 Å². The van der Waals surface area contributed by atoms with Crippen molar-refractivity contribution in [2.75, 3.05) is 6.67 Å². The summed E-state index contributed by atoms with van der Waals surface area (Å²) < 4.78 is 5.88. The Morgan fingerprint density at radius 3 is 2.58 bits per heavy atom. The second-order valence-corrected chi connectivity index (χ2v) is 7.92. The molecule has 1 fully saturated rings. The maximum absolute atomic E-state index is 12.8. The third kappa shape index (κ3) is 7.33. The molecule has 31 heavy (non-hydrogen) atoms. The molecule has 172 valence electrons. The molecule has 1 aliphatic heterocycles. The van der Waals surface area contributed by atoms with Crippen LogP contribution in [0.15, 0.2) is 30.3 Å². The van der Waals surface area contributed by atoms with E-state index in [2.05, 4.69) is 17.6 Å². The van der Waals surface area contributed by atoms with E-state index < -0.39 is 18.1 Å². The van der Waals surface area contributed by atoms with Crippen LogP contribution < -0.4 is 10.6 Å². The molecule has 1 aromatic rings. The van der Waals surface area contributed by atoms with E-state index >= 15 is 0 Å². The van der Waals surface area contributed by atoms with Crippen molar-refractivity contribution in [3.63, 3.8) is 0 Å². The van der Waals surface area contributed by atoms with E-state index in [1.165, 1.54) is 0 Å². The first-order valence-electron chi connectivity index (χ1n) is 11.2. The number of amides is 3. The molecule has 0 saturated carbocycles. The minimum absolute atomic E-state index is 0.0270. The number of nitrogens with zero attached hydrogens (tertiary/aromatic N) is 1. The molecule has 2 unspecified atom stereocenters. The van der Waals surface area contributed by atoms with Crippen LogP contribution >= 0.6 is 0 Å². The topological polar surface area (TPSA) is 108 Å². The highest BCUT2D eigenvalue weighted by atomic mass is 16.5. The van der Waals surface area contributed by atoms with Gasteiger partial charge in [0.05, 0.1) is 24.7 Å². The molecule has 0 aromatic heterocycles. The highest BCUT2D eigenvalue weighted by molar-refractivity contribution is 5.83. The molecule has 1 heterocycles. The van der Waals surface area contributed by atoms with Gasteiger partial charge in [0, 0.05) is 0 Å². The lowest BCUT2D eigenvalue weighted by Gasteiger charge is -2.29. The molecule has 2 rings (SSSR count). The summed E-state index contributed by atoms with van der Waals surface area (Å²) in [7, 11) is 0. The summed E-state index contributed by atoms with van der Waals surface area (Å²) >= 11 is 0. The second-order valence-electron chi connectivity index (χ2n) is 7.92. The Kier molecular flexibility index (Phi) is 10.5. The fourth-order valence-electron chi connectivity index (χ4n) is 4.05. The summed E-state index contributed by atoms with van der Waals surface area (Å²) in [5.41, 5.74) is 1.05. The number of hydrogen-bond acceptors (Lipinski definition) is 5. The largest absolute Gasteiger partial charge is 0.360 e. The van der Waals surface area contributed by atoms with Crippen LogP contribution in [0.4, 0.5) is 0 Å². The number of benzene rings is 1. The lowest BCUT2D eigenvalue weighted by atomic mass is 9.90. The van der Waals surface area contributed by atoms with Crippen molar-refractivity contribution in [1.82, 2.24) is 15.7 Å². The SMILES string of the molecule is CCCCC[C@@H](C(=O)NCNC(=O)C1CCC(c2ccccc2)O1)[C@@H](CC)N(O)C=O. The fraction of sp³-hybridized carbons (Fsp3) is 0.609. The van der Waals surface area contributed by atoms with Gasteiger partial charge in [-0.1, -0.05) is 63.4 Å². The van der Waals surface area contributed by atoms with Crippen LogP contribution in [-0.4, -0.2) is 47.3 Å². The maximum atomic E-state index is 12.8. The van der Waals surface area contributed by atoms with Crippen LogP contribution in [0.3, 0.4) is 0 Å². The molecular formula is C23H35N3O5. The smallest absolute Gasteiger partial charge is 0.250 e. The zero-order valence-corrected chi connectivity index (χ0v) is 18.5. The fourth-order valence-corrected chi connectivity index (χ4v) is 4.05. The number of carbonyl (C=O) groups is 3. The molecule has 3 amide bonds. The first-order chi connectivity index (χ1) is 15.0. The van der Waals surface area contributed by atoms with Gasteiger partial charge in [0.2, 0.25) is 12.3 Å². The second kappa shape index (κ2) is 13.1. The summed E-state index contributed by atoms with van der Waals surface area (Å²) in [6.45, 7) is 3.86. The van der Waals surface area contributed by atoms with Crippen molar-refractivity contribution < 1.29 is 24.3 Å². The minimum Gasteiger partial charge on any atom is -0.360 e. The lowest BCUT2D eigenvalue weighted by Crippen LogP contribution is -2.48. The van der Waals surface area contributed by atoms with E-state index in [1.54, 1.807) is 0 Å². The molecule has 0 aliphatic carbocycles. The Labute approximate surface area is 184 Å². The number of unbranched alkanes of at least 4 members (excludes halogenated alkanes) is 2. The molecule has 0 spiro atoms. The average molecular weight is 434 g/mol. The van der Waals surface area contributed by atoms with E-state index in [0.29, 0.717) is 30.7 Å². The molecule has 4 atom stereocenters. The number of rotatable bonds is 13. The van der Waals surface area contributed by atoms with Crippen LogP contribution in [-0.2, 0) is 19.1 Å². The Balaban J connectivity index is 1.84. The van der Waals surface area contributed by atoms with Crippen LogP contribution in [0.2, 0.25) is 0 Å². The summed E-state index contributed by atoms with van der Waals surface area (Å²) in [6.07, 6.45) is 4.86. The summed E-state index contributed by atoms with van der Waals surface area (Å²) in [5.74, 6) is -1.10. The van der Waals surface area contributed by atoms with Crippen molar-refractivity contribution in [2.45, 2.75) is 77.0 Å². The quantitative estimate of drug-likeness (QED) is 0.146. The van der Waals surface area contributed by atoms with Crippen molar-refractivity contribution in [1.29, 1.82) is 0 Å². The molecule has 0 bridgehead atoms. The molecular weight excluding hydrogens is 398 g/mol. The van der Waals surface area contributed by atoms with E-state index in [4.69, 9.17) is 4.74 Å². The zero-order valence-electron chi connectivity index (χ0n) is 18.5. The molecule has 1 saturated heterocycles. The number of carbonyl (C=O) groups excluding carboxylic acids is 3. The van der Waals surface area contributed by atoms with Crippen molar-refractivity contribution >= 4 is 18.2 Å². The molecule has 3 N–H and O–H groups in total. The van der Waals surface area contributed by atoms with Gasteiger partial charge in [-0.15, -0.1) is 0 Å². The maximum Gasteiger partial charge on any atom is 0.250 e. The Morgan fingerprint density at radius 2 is 1.94 bits per heavy atom. The minimum atomic E-state index is -0.602. The number of hydrogen-bond donors (Lipinski definition) is 3. The van der Waals surface area contributed by atoms with Gasteiger partial charge in [0.25, 0.3) is 5.91 Å². The van der Waals surface area contributed by atoms with Gasteiger partial charge < -0.3 is 15.4 Å². The number of hydroxylamine groups is 2. The van der Waals surface area contributed by atoms with E-state index in [9.17, 15) is 19.6 Å². The van der Waals surface area contributed by atoms with Crippen molar-refractivity contribution in [3.8, 4) is 0 Å². The normalized spacial score (nSPS) is 20.0. The summed E-state index contributed by atoms with van der Waals surface area (Å²) in [4.78, 5) is 36.2. The predicted molar refractivity (Wildman–Crippen MR) is 116 cm³/mol. The third-order valence-corrected chi connectivity index (χ3v) is 5.79. The third-order valence-electron chi connectivity index (χ3n) is 5.79. The first kappa shape index (κ1) is 24.8. The Morgan fingerprint density at radius 1 is 1.19 bits per heavy atom. The van der Waals surface area contributed by atoms with Crippen LogP contribution in [0.5, 0.6) is 0 Å². The Hall–Kier alpha value is -2.45. The molecule has 8 nitrogen and oxygen atoms in total. The standard InChI is InChI=1S/C23H35N3O5/c1-3-5-7-12-18(19(4-2)26(30)16-27)22(28)24-15-25-23(29)21-14-13-20(31-21)17-10-8-6-9-11-17/h6,8-11,16,18-21,30H,3-5,7,12-15H2,1-2H3,(H,24,28)(H,25,29)/t18-,19-,20?,21?/m1/s1. The van der Waals surface area contributed by atoms with E-state index in [0.717, 1.165) is 31.2 Å². The van der Waals surface area contributed by atoms with Crippen molar-refractivity contribution in [3.05, 3.63) is 35.9 Å². The van der Waals surface area contributed by atoms with Crippen LogP contribution in [0, 0.1) is 5.92 Å². The first-order valence-corrected chi connectivity index (χ1v) is 11.2. The summed E-state index contributed by atoms with van der Waals surface area (Å²) in [5, 5.41) is 15.9. The molecule has 8 heteroatoms. The monoisotopic (exact) mass is 433 g/mol. The van der Waals surface area contributed by atoms with Gasteiger partial charge in [-0.3, -0.25) is 19.6 Å². The van der Waals surface area contributed by atoms with Crippen LogP contribution in [0.25, 0.3) is 0 Å². The van der Waals surface area contributed by atoms with E-state index in [1.807, 2.05) is 37.3 Å². The van der Waals surface area contributed by atoms with Gasteiger partial charge in [-0.25, -0.2) is 5.06 Å². The van der Waals surface area contributed by atoms with Crippen LogP contribution in [0.1, 0.15) is 70.5 Å². The Bertz CT molecular complexity index is 700. The lowest BCUT2D eigenvalue weighted by molar-refractivity contribution is -0.168. The number of nitrogens with one attached hydrogen (secondary N) is 2. The molecule has 1 aromatic carbocycles. The predicted octanol–water partition coefficient (Wildman–Crippen LogP) is 2.92. The van der Waals surface area contributed by atoms with Gasteiger partial charge in [0.15, 0.2) is 0 Å². The van der Waals surface area contributed by atoms with Gasteiger partial charge in [-0.2, -0.15) is 0 Å². The summed E-state index contributed by atoms with van der Waals surface area (Å²) in [6, 6.07) is 9.19. The van der Waals surface area contributed by atoms with E-state index in [-0.39, 0.29) is 24.6 Å². The van der Waals surface area contributed by atoms with Gasteiger partial charge >= 0.3 is 0 Å². The number of ether oxygens (including phenoxy) is 1. The molecule has 1 aliphatic rings. The molecule has 0 radical (unpaired) electrons. The highest BCUT2D eigenvalue weighted by Crippen LogP contribution is 2.32. The average Bonchev–Trinajstić information content (AvgIpc) is 3.29. The zero-order chi connectivity index (χ0) is 22.6.